The van der Waals surface area contributed by atoms with Gasteiger partial charge in [0.1, 0.15) is 4.90 Å². The molecule has 0 saturated carbocycles. The first-order chi connectivity index (χ1) is 7.89. The molecule has 2 rings (SSSR count). The van der Waals surface area contributed by atoms with Crippen LogP contribution in [-0.2, 0) is 10.0 Å². The largest absolute Gasteiger partial charge is 0.398 e. The number of nitrogen functional groups attached to an aromatic ring is 2. The summed E-state index contributed by atoms with van der Waals surface area (Å²) in [5, 5.41) is 13.1. The fraction of sp³-hybridized carbons (Fsp3) is 0. The Kier molecular flexibility index (Phi) is 2.73. The molecule has 0 aliphatic heterocycles. The molecule has 0 atom stereocenters. The number of sulfonamides is 1. The van der Waals surface area contributed by atoms with E-state index >= 15 is 0 Å². The fourth-order valence-electron chi connectivity index (χ4n) is 1.38. The molecule has 0 fully saturated rings. The molecule has 90 valence electrons. The van der Waals surface area contributed by atoms with Crippen LogP contribution in [0.25, 0.3) is 10.6 Å². The Morgan fingerprint density at radius 2 is 1.88 bits per heavy atom. The van der Waals surface area contributed by atoms with Gasteiger partial charge in [0, 0.05) is 5.56 Å². The molecule has 7 nitrogen and oxygen atoms in total. The number of primary sulfonamides is 1. The normalized spacial score (nSPS) is 11.6. The SMILES string of the molecule is Nc1nnc(-c2cccc(N)c2S(N)(=O)=O)s1. The van der Waals surface area contributed by atoms with E-state index in [4.69, 9.17) is 16.6 Å². The van der Waals surface area contributed by atoms with E-state index < -0.39 is 10.0 Å². The van der Waals surface area contributed by atoms with Crippen molar-refractivity contribution in [2.24, 2.45) is 5.14 Å². The van der Waals surface area contributed by atoms with E-state index in [1.165, 1.54) is 6.07 Å². The van der Waals surface area contributed by atoms with Gasteiger partial charge in [-0.1, -0.05) is 23.5 Å². The monoisotopic (exact) mass is 271 g/mol. The van der Waals surface area contributed by atoms with E-state index in [-0.39, 0.29) is 15.7 Å². The van der Waals surface area contributed by atoms with Gasteiger partial charge in [-0.15, -0.1) is 10.2 Å². The quantitative estimate of drug-likeness (QED) is 0.658. The van der Waals surface area contributed by atoms with E-state index in [1.54, 1.807) is 12.1 Å². The fourth-order valence-corrected chi connectivity index (χ4v) is 2.96. The average molecular weight is 271 g/mol. The number of hydrogen-bond acceptors (Lipinski definition) is 7. The molecule has 0 bridgehead atoms. The standard InChI is InChI=1S/C8H9N5O2S2/c9-5-3-1-2-4(6(5)17(11,14)15)7-12-13-8(10)16-7/h1-3H,9H2,(H2,10,13)(H2,11,14,15). The maximum atomic E-state index is 11.5. The molecule has 6 N–H and O–H groups in total. The second-order valence-corrected chi connectivity index (χ2v) is 5.72. The molecular formula is C8H9N5O2S2. The lowest BCUT2D eigenvalue weighted by Crippen LogP contribution is -2.15. The molecule has 0 amide bonds. The lowest BCUT2D eigenvalue weighted by Gasteiger charge is -2.07. The number of hydrogen-bond donors (Lipinski definition) is 3. The first-order valence-electron chi connectivity index (χ1n) is 4.40. The van der Waals surface area contributed by atoms with Gasteiger partial charge in [-0.3, -0.25) is 0 Å². The second kappa shape index (κ2) is 3.95. The van der Waals surface area contributed by atoms with Crippen LogP contribution >= 0.6 is 11.3 Å². The van der Waals surface area contributed by atoms with Crippen molar-refractivity contribution in [1.29, 1.82) is 0 Å². The maximum Gasteiger partial charge on any atom is 0.240 e. The highest BCUT2D eigenvalue weighted by Crippen LogP contribution is 2.33. The summed E-state index contributed by atoms with van der Waals surface area (Å²) in [7, 11) is -3.93. The number of nitrogens with zero attached hydrogens (tertiary/aromatic N) is 2. The Morgan fingerprint density at radius 1 is 1.18 bits per heavy atom. The molecule has 0 saturated heterocycles. The molecule has 17 heavy (non-hydrogen) atoms. The van der Waals surface area contributed by atoms with Gasteiger partial charge in [0.05, 0.1) is 5.69 Å². The minimum absolute atomic E-state index is 0.0683. The summed E-state index contributed by atoms with van der Waals surface area (Å²) >= 11 is 1.06. The van der Waals surface area contributed by atoms with Crippen LogP contribution in [0.4, 0.5) is 10.8 Å². The smallest absolute Gasteiger partial charge is 0.240 e. The predicted octanol–water partition coefficient (Wildman–Crippen LogP) is 0.0169. The van der Waals surface area contributed by atoms with Crippen LogP contribution in [0, 0.1) is 0 Å². The summed E-state index contributed by atoms with van der Waals surface area (Å²) in [5.41, 5.74) is 11.4. The van der Waals surface area contributed by atoms with Crippen LogP contribution in [0.3, 0.4) is 0 Å². The number of benzene rings is 1. The van der Waals surface area contributed by atoms with Gasteiger partial charge < -0.3 is 11.5 Å². The van der Waals surface area contributed by atoms with Crippen LogP contribution in [0.2, 0.25) is 0 Å². The Hall–Kier alpha value is -1.71. The van der Waals surface area contributed by atoms with Gasteiger partial charge in [0.2, 0.25) is 15.2 Å². The van der Waals surface area contributed by atoms with Crippen LogP contribution in [0.15, 0.2) is 23.1 Å². The minimum Gasteiger partial charge on any atom is -0.398 e. The second-order valence-electron chi connectivity index (χ2n) is 3.21. The lowest BCUT2D eigenvalue weighted by atomic mass is 10.2. The molecule has 1 heterocycles. The molecule has 0 radical (unpaired) electrons. The maximum absolute atomic E-state index is 11.5. The molecule has 0 spiro atoms. The highest BCUT2D eigenvalue weighted by molar-refractivity contribution is 7.89. The molecule has 0 aliphatic carbocycles. The van der Waals surface area contributed by atoms with Crippen molar-refractivity contribution in [3.8, 4) is 10.6 Å². The Labute approximate surface area is 101 Å². The van der Waals surface area contributed by atoms with E-state index in [0.29, 0.717) is 10.6 Å². The van der Waals surface area contributed by atoms with Gasteiger partial charge in [0.25, 0.3) is 0 Å². The van der Waals surface area contributed by atoms with Crippen molar-refractivity contribution in [2.45, 2.75) is 4.90 Å². The first-order valence-corrected chi connectivity index (χ1v) is 6.76. The molecule has 0 unspecified atom stereocenters. The molecule has 1 aromatic heterocycles. The summed E-state index contributed by atoms with van der Waals surface area (Å²) in [6.45, 7) is 0. The van der Waals surface area contributed by atoms with Crippen molar-refractivity contribution in [3.63, 3.8) is 0 Å². The van der Waals surface area contributed by atoms with Crippen LogP contribution in [0.5, 0.6) is 0 Å². The van der Waals surface area contributed by atoms with Crippen molar-refractivity contribution in [1.82, 2.24) is 10.2 Å². The van der Waals surface area contributed by atoms with Gasteiger partial charge in [-0.25, -0.2) is 13.6 Å². The summed E-state index contributed by atoms with van der Waals surface area (Å²) in [5.74, 6) is 0. The predicted molar refractivity (Wildman–Crippen MR) is 65.5 cm³/mol. The van der Waals surface area contributed by atoms with Crippen LogP contribution in [-0.4, -0.2) is 18.6 Å². The molecule has 1 aromatic carbocycles. The summed E-state index contributed by atoms with van der Waals surface area (Å²) < 4.78 is 23.0. The van der Waals surface area contributed by atoms with E-state index in [0.717, 1.165) is 11.3 Å². The van der Waals surface area contributed by atoms with Gasteiger partial charge >= 0.3 is 0 Å². The van der Waals surface area contributed by atoms with Crippen molar-refractivity contribution in [3.05, 3.63) is 18.2 Å². The van der Waals surface area contributed by atoms with E-state index in [2.05, 4.69) is 10.2 Å². The summed E-state index contributed by atoms with van der Waals surface area (Å²) in [4.78, 5) is -0.156. The topological polar surface area (TPSA) is 138 Å². The first kappa shape index (κ1) is 11.8. The molecule has 9 heteroatoms. The molecular weight excluding hydrogens is 262 g/mol. The Bertz CT molecular complexity index is 664. The Balaban J connectivity index is 2.75. The zero-order valence-electron chi connectivity index (χ0n) is 8.49. The van der Waals surface area contributed by atoms with Crippen molar-refractivity contribution >= 4 is 32.2 Å². The number of aromatic nitrogens is 2. The third-order valence-electron chi connectivity index (χ3n) is 2.00. The highest BCUT2D eigenvalue weighted by atomic mass is 32.2. The van der Waals surface area contributed by atoms with E-state index in [9.17, 15) is 8.42 Å². The van der Waals surface area contributed by atoms with E-state index in [1.807, 2.05) is 0 Å². The number of rotatable bonds is 2. The van der Waals surface area contributed by atoms with Crippen LogP contribution < -0.4 is 16.6 Å². The molecule has 2 aromatic rings. The van der Waals surface area contributed by atoms with Gasteiger partial charge in [-0.05, 0) is 6.07 Å². The third-order valence-corrected chi connectivity index (χ3v) is 3.81. The van der Waals surface area contributed by atoms with Crippen LogP contribution in [0.1, 0.15) is 0 Å². The highest BCUT2D eigenvalue weighted by Gasteiger charge is 2.20. The summed E-state index contributed by atoms with van der Waals surface area (Å²) in [6, 6.07) is 4.61. The Morgan fingerprint density at radius 3 is 2.41 bits per heavy atom. The zero-order valence-corrected chi connectivity index (χ0v) is 10.1. The molecule has 0 aliphatic rings. The van der Waals surface area contributed by atoms with Crippen molar-refractivity contribution < 1.29 is 8.42 Å². The zero-order chi connectivity index (χ0) is 12.6. The lowest BCUT2D eigenvalue weighted by molar-refractivity contribution is 0.598. The number of nitrogens with two attached hydrogens (primary N) is 3. The number of anilines is 2. The van der Waals surface area contributed by atoms with Gasteiger partial charge in [-0.2, -0.15) is 0 Å². The minimum atomic E-state index is -3.93. The van der Waals surface area contributed by atoms with Crippen molar-refractivity contribution in [2.75, 3.05) is 11.5 Å². The summed E-state index contributed by atoms with van der Waals surface area (Å²) in [6.07, 6.45) is 0. The average Bonchev–Trinajstić information content (AvgIpc) is 2.62. The van der Waals surface area contributed by atoms with Gasteiger partial charge in [0.15, 0.2) is 5.01 Å². The third kappa shape index (κ3) is 2.20.